The van der Waals surface area contributed by atoms with Gasteiger partial charge in [0.05, 0.1) is 5.56 Å². The summed E-state index contributed by atoms with van der Waals surface area (Å²) in [5.41, 5.74) is 0.295. The summed E-state index contributed by atoms with van der Waals surface area (Å²) >= 11 is 5.18. The van der Waals surface area contributed by atoms with Crippen LogP contribution in [-0.4, -0.2) is 48.1 Å². The zero-order valence-electron chi connectivity index (χ0n) is 11.8. The molecule has 1 fully saturated rings. The minimum absolute atomic E-state index is 0.601. The van der Waals surface area contributed by atoms with E-state index in [-0.39, 0.29) is 0 Å². The summed E-state index contributed by atoms with van der Waals surface area (Å²) in [4.78, 5) is 4.32. The molecule has 0 bridgehead atoms. The van der Waals surface area contributed by atoms with Gasteiger partial charge in [-0.15, -0.1) is 0 Å². The number of alkyl halides is 3. The largest absolute Gasteiger partial charge is 0.416 e. The molecule has 0 amide bonds. The first-order valence-corrected chi connectivity index (χ1v) is 7.16. The van der Waals surface area contributed by atoms with Crippen LogP contribution < -0.4 is 5.32 Å². The number of hydrogen-bond donors (Lipinski definition) is 1. The molecule has 1 aromatic carbocycles. The van der Waals surface area contributed by atoms with Crippen molar-refractivity contribution in [1.29, 1.82) is 0 Å². The maximum absolute atomic E-state index is 12.5. The summed E-state index contributed by atoms with van der Waals surface area (Å²) in [6.45, 7) is 4.03. The van der Waals surface area contributed by atoms with E-state index in [1.807, 2.05) is 0 Å². The Balaban J connectivity index is 1.88. The van der Waals surface area contributed by atoms with Gasteiger partial charge in [0.2, 0.25) is 0 Å². The summed E-state index contributed by atoms with van der Waals surface area (Å²) in [6.07, 6.45) is -4.27. The summed E-state index contributed by atoms with van der Waals surface area (Å²) in [7, 11) is 1.80. The molecule has 0 atom stereocenters. The number of thiocarbonyl (C=S) groups is 1. The molecule has 0 unspecified atom stereocenters. The van der Waals surface area contributed by atoms with Gasteiger partial charge in [-0.05, 0) is 29.9 Å². The molecule has 116 valence electrons. The Morgan fingerprint density at radius 2 is 1.71 bits per heavy atom. The van der Waals surface area contributed by atoms with E-state index in [1.165, 1.54) is 0 Å². The van der Waals surface area contributed by atoms with Gasteiger partial charge in [-0.25, -0.2) is 0 Å². The Bertz CT molecular complexity index is 479. The molecule has 0 aromatic heterocycles. The van der Waals surface area contributed by atoms with Crippen LogP contribution in [0.4, 0.5) is 13.2 Å². The molecule has 7 heteroatoms. The van der Waals surface area contributed by atoms with Gasteiger partial charge in [0.25, 0.3) is 0 Å². The molecule has 0 radical (unpaired) electrons. The molecular formula is C14H18F3N3S. The highest BCUT2D eigenvalue weighted by molar-refractivity contribution is 7.80. The Morgan fingerprint density at radius 3 is 2.19 bits per heavy atom. The summed E-state index contributed by atoms with van der Waals surface area (Å²) < 4.78 is 37.5. The summed E-state index contributed by atoms with van der Waals surface area (Å²) in [6, 6.07) is 5.38. The Hall–Kier alpha value is -1.34. The van der Waals surface area contributed by atoms with Gasteiger partial charge in [0, 0.05) is 39.8 Å². The average molecular weight is 317 g/mol. The van der Waals surface area contributed by atoms with Gasteiger partial charge >= 0.3 is 6.18 Å². The molecule has 3 nitrogen and oxygen atoms in total. The smallest absolute Gasteiger partial charge is 0.366 e. The van der Waals surface area contributed by atoms with Crippen LogP contribution in [0, 0.1) is 0 Å². The van der Waals surface area contributed by atoms with Crippen LogP contribution in [0.1, 0.15) is 11.1 Å². The Morgan fingerprint density at radius 1 is 1.14 bits per heavy atom. The zero-order valence-corrected chi connectivity index (χ0v) is 12.6. The molecule has 1 saturated heterocycles. The van der Waals surface area contributed by atoms with Gasteiger partial charge in [-0.2, -0.15) is 13.2 Å². The highest BCUT2D eigenvalue weighted by Gasteiger charge is 2.30. The van der Waals surface area contributed by atoms with E-state index in [1.54, 1.807) is 19.2 Å². The molecule has 1 heterocycles. The third-order valence-electron chi connectivity index (χ3n) is 3.56. The standard InChI is InChI=1S/C14H18F3N3S/c1-18-13(21)20-8-6-19(7-9-20)10-11-2-4-12(5-3-11)14(15,16)17/h2-5H,6-10H2,1H3,(H,18,21). The van der Waals surface area contributed by atoms with Crippen LogP contribution in [0.2, 0.25) is 0 Å². The van der Waals surface area contributed by atoms with Crippen molar-refractivity contribution >= 4 is 17.3 Å². The van der Waals surface area contributed by atoms with Crippen molar-refractivity contribution in [2.75, 3.05) is 33.2 Å². The van der Waals surface area contributed by atoms with Crippen molar-refractivity contribution in [2.45, 2.75) is 12.7 Å². The molecule has 1 aliphatic heterocycles. The molecule has 0 saturated carbocycles. The number of nitrogens with one attached hydrogen (secondary N) is 1. The second-order valence-corrected chi connectivity index (χ2v) is 5.40. The Labute approximate surface area is 127 Å². The number of halogens is 3. The van der Waals surface area contributed by atoms with Crippen molar-refractivity contribution in [3.05, 3.63) is 35.4 Å². The number of nitrogens with zero attached hydrogens (tertiary/aromatic N) is 2. The predicted molar refractivity (Wildman–Crippen MR) is 80.0 cm³/mol. The van der Waals surface area contributed by atoms with Crippen LogP contribution in [-0.2, 0) is 12.7 Å². The first kappa shape index (κ1) is 16.0. The maximum atomic E-state index is 12.5. The monoisotopic (exact) mass is 317 g/mol. The van der Waals surface area contributed by atoms with Gasteiger partial charge in [-0.1, -0.05) is 12.1 Å². The highest BCUT2D eigenvalue weighted by atomic mass is 32.1. The third-order valence-corrected chi connectivity index (χ3v) is 4.02. The van der Waals surface area contributed by atoms with E-state index in [2.05, 4.69) is 15.1 Å². The molecule has 0 spiro atoms. The minimum Gasteiger partial charge on any atom is -0.366 e. The maximum Gasteiger partial charge on any atom is 0.416 e. The molecule has 2 rings (SSSR count). The molecule has 1 aromatic rings. The van der Waals surface area contributed by atoms with Crippen molar-refractivity contribution in [3.63, 3.8) is 0 Å². The van der Waals surface area contributed by atoms with Crippen LogP contribution in [0.15, 0.2) is 24.3 Å². The third kappa shape index (κ3) is 4.31. The number of piperazine rings is 1. The van der Waals surface area contributed by atoms with E-state index in [0.29, 0.717) is 6.54 Å². The first-order valence-electron chi connectivity index (χ1n) is 6.75. The molecule has 1 aliphatic rings. The average Bonchev–Trinajstić information content (AvgIpc) is 2.47. The lowest BCUT2D eigenvalue weighted by Gasteiger charge is -2.35. The van der Waals surface area contributed by atoms with E-state index in [0.717, 1.165) is 49.0 Å². The lowest BCUT2D eigenvalue weighted by atomic mass is 10.1. The van der Waals surface area contributed by atoms with Crippen LogP contribution in [0.3, 0.4) is 0 Å². The lowest BCUT2D eigenvalue weighted by molar-refractivity contribution is -0.137. The van der Waals surface area contributed by atoms with Crippen molar-refractivity contribution in [2.24, 2.45) is 0 Å². The Kier molecular flexibility index (Phi) is 5.05. The van der Waals surface area contributed by atoms with E-state index in [4.69, 9.17) is 12.2 Å². The molecule has 1 N–H and O–H groups in total. The van der Waals surface area contributed by atoms with Gasteiger partial charge in [-0.3, -0.25) is 4.90 Å². The quantitative estimate of drug-likeness (QED) is 0.844. The number of hydrogen-bond acceptors (Lipinski definition) is 2. The zero-order chi connectivity index (χ0) is 15.5. The van der Waals surface area contributed by atoms with Crippen LogP contribution in [0.5, 0.6) is 0 Å². The van der Waals surface area contributed by atoms with Crippen molar-refractivity contribution < 1.29 is 13.2 Å². The first-order chi connectivity index (χ1) is 9.90. The highest BCUT2D eigenvalue weighted by Crippen LogP contribution is 2.29. The number of rotatable bonds is 2. The van der Waals surface area contributed by atoms with Gasteiger partial charge < -0.3 is 10.2 Å². The second-order valence-electron chi connectivity index (χ2n) is 5.01. The van der Waals surface area contributed by atoms with Crippen molar-refractivity contribution in [1.82, 2.24) is 15.1 Å². The van der Waals surface area contributed by atoms with Crippen LogP contribution >= 0.6 is 12.2 Å². The lowest BCUT2D eigenvalue weighted by Crippen LogP contribution is -2.50. The fourth-order valence-electron chi connectivity index (χ4n) is 2.32. The predicted octanol–water partition coefficient (Wildman–Crippen LogP) is 2.33. The number of benzene rings is 1. The fraction of sp³-hybridized carbons (Fsp3) is 0.500. The fourth-order valence-corrected chi connectivity index (χ4v) is 2.51. The topological polar surface area (TPSA) is 18.5 Å². The van der Waals surface area contributed by atoms with Gasteiger partial charge in [0.1, 0.15) is 0 Å². The molecule has 21 heavy (non-hydrogen) atoms. The summed E-state index contributed by atoms with van der Waals surface area (Å²) in [5.74, 6) is 0. The normalized spacial score (nSPS) is 16.9. The van der Waals surface area contributed by atoms with Crippen molar-refractivity contribution in [3.8, 4) is 0 Å². The minimum atomic E-state index is -4.27. The van der Waals surface area contributed by atoms with Gasteiger partial charge in [0.15, 0.2) is 5.11 Å². The van der Waals surface area contributed by atoms with Crippen LogP contribution in [0.25, 0.3) is 0 Å². The van der Waals surface area contributed by atoms with E-state index < -0.39 is 11.7 Å². The van der Waals surface area contributed by atoms with E-state index in [9.17, 15) is 13.2 Å². The second kappa shape index (κ2) is 6.62. The molecular weight excluding hydrogens is 299 g/mol. The molecule has 0 aliphatic carbocycles. The van der Waals surface area contributed by atoms with E-state index >= 15 is 0 Å². The SMILES string of the molecule is CNC(=S)N1CCN(Cc2ccc(C(F)(F)F)cc2)CC1. The summed E-state index contributed by atoms with van der Waals surface area (Å²) in [5, 5.41) is 3.69.